The summed E-state index contributed by atoms with van der Waals surface area (Å²) in [5, 5.41) is 31.4. The normalized spacial score (nSPS) is 18.5. The van der Waals surface area contributed by atoms with Crippen molar-refractivity contribution in [1.29, 1.82) is 0 Å². The number of amides is 6. The van der Waals surface area contributed by atoms with E-state index < -0.39 is 149 Å². The maximum Gasteiger partial charge on any atom is 0.329 e. The number of esters is 2. The zero-order valence-corrected chi connectivity index (χ0v) is 40.3. The molecule has 1 aliphatic carbocycles. The number of aliphatic hydroxyl groups excluding tert-OH is 2. The van der Waals surface area contributed by atoms with Gasteiger partial charge in [-0.25, -0.2) is 14.6 Å². The van der Waals surface area contributed by atoms with Crippen LogP contribution in [-0.2, 0) is 47.8 Å². The van der Waals surface area contributed by atoms with Crippen molar-refractivity contribution < 1.29 is 72.0 Å². The van der Waals surface area contributed by atoms with E-state index in [1.165, 1.54) is 26.0 Å². The zero-order chi connectivity index (χ0) is 52.4. The third-order valence-electron chi connectivity index (χ3n) is 12.2. The Balaban J connectivity index is 1.48. The highest BCUT2D eigenvalue weighted by Gasteiger charge is 2.45. The maximum absolute atomic E-state index is 14.3. The number of hydrogen-bond acceptors (Lipinski definition) is 18. The quantitative estimate of drug-likeness (QED) is 0.0484. The van der Waals surface area contributed by atoms with Gasteiger partial charge in [0.1, 0.15) is 47.5 Å². The lowest BCUT2D eigenvalue weighted by Gasteiger charge is -2.31. The smallest absolute Gasteiger partial charge is 0.329 e. The van der Waals surface area contributed by atoms with Crippen molar-refractivity contribution >= 4 is 75.7 Å². The van der Waals surface area contributed by atoms with Crippen molar-refractivity contribution in [2.75, 3.05) is 33.0 Å². The number of fused-ring (bicyclic) bond motifs is 2. The number of rotatable bonds is 16. The van der Waals surface area contributed by atoms with Crippen molar-refractivity contribution in [2.24, 2.45) is 11.8 Å². The van der Waals surface area contributed by atoms with E-state index in [0.717, 1.165) is 30.9 Å². The molecule has 1 aromatic rings. The Morgan fingerprint density at radius 3 is 1.56 bits per heavy atom. The van der Waals surface area contributed by atoms with Crippen LogP contribution in [-0.4, -0.2) is 160 Å². The van der Waals surface area contributed by atoms with Gasteiger partial charge in [-0.2, -0.15) is 0 Å². The molecule has 0 radical (unpaired) electrons. The van der Waals surface area contributed by atoms with E-state index in [4.69, 9.17) is 19.6 Å². The van der Waals surface area contributed by atoms with E-state index in [9.17, 15) is 63.0 Å². The van der Waals surface area contributed by atoms with E-state index >= 15 is 0 Å². The lowest BCUT2D eigenvalue weighted by Crippen LogP contribution is -2.59. The number of carbonyl (C=O) groups excluding carboxylic acids is 10. The number of nitrogens with zero attached hydrogens (tertiary/aromatic N) is 3. The molecule has 8 atom stereocenters. The van der Waals surface area contributed by atoms with Crippen LogP contribution in [0.3, 0.4) is 0 Å². The monoisotopic (exact) mass is 978 g/mol. The van der Waals surface area contributed by atoms with Gasteiger partial charge in [-0.15, -0.1) is 0 Å². The van der Waals surface area contributed by atoms with E-state index in [1.54, 1.807) is 34.6 Å². The average molecular weight is 979 g/mol. The fourth-order valence-corrected chi connectivity index (χ4v) is 8.26. The fraction of sp³-hybridized carbons (Fsp3) is 0.522. The van der Waals surface area contributed by atoms with Gasteiger partial charge in [0, 0.05) is 18.4 Å². The van der Waals surface area contributed by atoms with Gasteiger partial charge >= 0.3 is 11.9 Å². The van der Waals surface area contributed by atoms with Crippen LogP contribution in [0.1, 0.15) is 86.2 Å². The van der Waals surface area contributed by atoms with Crippen molar-refractivity contribution in [3.05, 3.63) is 44.6 Å². The summed E-state index contributed by atoms with van der Waals surface area (Å²) in [4.78, 5) is 153. The molecular weight excluding hydrogens is 921 g/mol. The van der Waals surface area contributed by atoms with Gasteiger partial charge in [-0.05, 0) is 51.2 Å². The summed E-state index contributed by atoms with van der Waals surface area (Å²) in [5.74, 6) is -9.92. The second kappa shape index (κ2) is 21.5. The van der Waals surface area contributed by atoms with Crippen molar-refractivity contribution in [3.8, 4) is 11.5 Å². The van der Waals surface area contributed by atoms with Crippen LogP contribution < -0.4 is 32.4 Å². The number of Topliss-reactive ketones (excluding diaryl/α,β-unsaturated/α-hetero) is 2. The third kappa shape index (κ3) is 10.8. The molecule has 6 amide bonds. The largest absolute Gasteiger partial charge is 0.467 e. The van der Waals surface area contributed by atoms with Crippen LogP contribution in [0.15, 0.2) is 21.3 Å². The number of benzene rings is 2. The number of nitrogens with two attached hydrogens (primary N) is 1. The maximum atomic E-state index is 14.3. The van der Waals surface area contributed by atoms with Crippen LogP contribution in [0.25, 0.3) is 22.6 Å². The van der Waals surface area contributed by atoms with Crippen LogP contribution >= 0.6 is 0 Å². The summed E-state index contributed by atoms with van der Waals surface area (Å²) in [6.45, 7) is 10.8. The summed E-state index contributed by atoms with van der Waals surface area (Å²) in [6.07, 6.45) is -3.82. The summed E-state index contributed by atoms with van der Waals surface area (Å²) in [7, 11) is 2.19. The van der Waals surface area contributed by atoms with Gasteiger partial charge < -0.3 is 60.9 Å². The molecule has 0 spiro atoms. The Morgan fingerprint density at radius 2 is 1.14 bits per heavy atom. The molecule has 4 aliphatic rings. The number of ketones is 2. The predicted octanol–water partition coefficient (Wildman–Crippen LogP) is -1.58. The summed E-state index contributed by atoms with van der Waals surface area (Å²) in [6, 6.07) is -5.95. The SMILES string of the molecule is COC(=O)[C@@H]1CC(=O)CN1C(=O)[C@H](NC(=O)[C@@H](NC(=O)c1c2nc3c(C(=O)N[C@H](C(=O)N[C@@H](C(=O)N4CC(=O)C[C@H]4C(=O)OC)C(C)C)[C@@H](C)O)ccc(C)c3oc-2c(C)c(=O)c1N)[C@@H](C)O)C(C)C. The number of nitrogens with one attached hydrogen (secondary N) is 4. The Kier molecular flexibility index (Phi) is 16.5. The Bertz CT molecular complexity index is 2680. The fourth-order valence-electron chi connectivity index (χ4n) is 8.26. The Morgan fingerprint density at radius 1 is 0.700 bits per heavy atom. The van der Waals surface area contributed by atoms with Crippen LogP contribution in [0.4, 0.5) is 5.69 Å². The van der Waals surface area contributed by atoms with Crippen molar-refractivity contribution in [1.82, 2.24) is 36.1 Å². The number of aromatic nitrogens is 1. The molecule has 2 fully saturated rings. The third-order valence-corrected chi connectivity index (χ3v) is 12.2. The summed E-state index contributed by atoms with van der Waals surface area (Å²) < 4.78 is 15.7. The molecule has 1 aromatic carbocycles. The molecule has 3 aliphatic heterocycles. The molecular formula is C46H58N8O16. The molecule has 24 heteroatoms. The minimum Gasteiger partial charge on any atom is -0.467 e. The highest BCUT2D eigenvalue weighted by atomic mass is 16.5. The van der Waals surface area contributed by atoms with E-state index in [0.29, 0.717) is 5.56 Å². The first kappa shape index (κ1) is 53.6. The van der Waals surface area contributed by atoms with Gasteiger partial charge in [-0.3, -0.25) is 43.2 Å². The number of anilines is 1. The predicted molar refractivity (Wildman–Crippen MR) is 244 cm³/mol. The molecule has 0 bridgehead atoms. The summed E-state index contributed by atoms with van der Waals surface area (Å²) in [5.41, 5.74) is 3.49. The van der Waals surface area contributed by atoms with Crippen LogP contribution in [0, 0.1) is 25.7 Å². The highest BCUT2D eigenvalue weighted by molar-refractivity contribution is 6.10. The first-order chi connectivity index (χ1) is 32.7. The van der Waals surface area contributed by atoms with Crippen molar-refractivity contribution in [2.45, 2.75) is 117 Å². The molecule has 8 N–H and O–H groups in total. The molecule has 0 aromatic heterocycles. The van der Waals surface area contributed by atoms with Gasteiger partial charge in [0.25, 0.3) is 11.8 Å². The molecule has 5 rings (SSSR count). The Labute approximate surface area is 400 Å². The lowest BCUT2D eigenvalue weighted by molar-refractivity contribution is -0.152. The van der Waals surface area contributed by atoms with Gasteiger partial charge in [0.15, 0.2) is 22.9 Å². The molecule has 378 valence electrons. The second-order valence-electron chi connectivity index (χ2n) is 18.1. The first-order valence-electron chi connectivity index (χ1n) is 22.3. The number of hydrogen-bond donors (Lipinski definition) is 7. The van der Waals surface area contributed by atoms with E-state index in [-0.39, 0.29) is 46.5 Å². The number of aliphatic hydroxyl groups is 2. The Hall–Kier alpha value is -7.34. The molecule has 3 heterocycles. The van der Waals surface area contributed by atoms with Crippen LogP contribution in [0.2, 0.25) is 0 Å². The van der Waals surface area contributed by atoms with Gasteiger partial charge in [0.2, 0.25) is 29.1 Å². The minimum absolute atomic E-state index is 0.0533. The van der Waals surface area contributed by atoms with Crippen molar-refractivity contribution in [3.63, 3.8) is 0 Å². The lowest BCUT2D eigenvalue weighted by atomic mass is 9.98. The molecule has 70 heavy (non-hydrogen) atoms. The van der Waals surface area contributed by atoms with Gasteiger partial charge in [0.05, 0.1) is 56.3 Å². The number of nitrogen functional groups attached to an aromatic ring is 1. The number of likely N-dealkylation sites (tertiary alicyclic amines) is 2. The summed E-state index contributed by atoms with van der Waals surface area (Å²) >= 11 is 0. The first-order valence-corrected chi connectivity index (χ1v) is 22.3. The molecule has 2 saturated heterocycles. The number of methoxy groups -OCH3 is 2. The molecule has 0 saturated carbocycles. The number of ether oxygens (including phenoxy) is 2. The standard InChI is InChI=1S/C46H58N8O16/c1-17(2)30(43(64)53-15-23(57)13-26(53)45(66)68-9)49-41(62)32(21(7)55)51-39(60)25-12-11-19(5)37-34(25)48-35-28(29(47)36(59)20(6)38(35)70-37)40(61)52-33(22(8)56)42(63)50-31(18(3)4)44(65)54-16-24(58)14-27(54)46(67)69-10/h11-12,17-18,21-22,26-27,30-33,55-56H,13-16,47H2,1-10H3,(H,49,62)(H,50,63)(H,51,60)(H,52,61)/t21-,22-,26+,27+,30-,31-,32+,33+/m1/s1. The van der Waals surface area contributed by atoms with Crippen LogP contribution in [0.5, 0.6) is 0 Å². The topological polar surface area (TPSA) is 353 Å². The van der Waals surface area contributed by atoms with E-state index in [1.807, 2.05) is 0 Å². The number of aryl methyl sites for hydroxylation is 1. The van der Waals surface area contributed by atoms with Gasteiger partial charge in [-0.1, -0.05) is 33.8 Å². The zero-order valence-electron chi connectivity index (χ0n) is 40.3. The molecule has 0 unspecified atom stereocenters. The average Bonchev–Trinajstić information content (AvgIpc) is 3.90. The second-order valence-corrected chi connectivity index (χ2v) is 18.1. The molecule has 24 nitrogen and oxygen atoms in total. The highest BCUT2D eigenvalue weighted by Crippen LogP contribution is 2.35. The number of carbonyl (C=O) groups is 10. The van der Waals surface area contributed by atoms with E-state index in [2.05, 4.69) is 26.3 Å². The minimum atomic E-state index is -1.83.